The fourth-order valence-corrected chi connectivity index (χ4v) is 3.52. The average molecular weight is 345 g/mol. The molecule has 1 saturated heterocycles. The molecule has 7 nitrogen and oxygen atoms in total. The number of piperazine rings is 1. The highest BCUT2D eigenvalue weighted by atomic mass is 16.2. The Morgan fingerprint density at radius 3 is 2.36 bits per heavy atom. The van der Waals surface area contributed by atoms with Crippen molar-refractivity contribution in [2.75, 3.05) is 31.1 Å². The molecule has 2 amide bonds. The molecule has 0 spiro atoms. The van der Waals surface area contributed by atoms with E-state index in [1.165, 1.54) is 12.8 Å². The van der Waals surface area contributed by atoms with E-state index >= 15 is 0 Å². The van der Waals surface area contributed by atoms with Gasteiger partial charge in [0.05, 0.1) is 11.3 Å². The second-order valence-corrected chi connectivity index (χ2v) is 7.36. The van der Waals surface area contributed by atoms with Gasteiger partial charge in [0.25, 0.3) is 5.91 Å². The molecule has 2 heterocycles. The number of carbonyl (C=O) groups is 2. The molecule has 1 atom stereocenters. The summed E-state index contributed by atoms with van der Waals surface area (Å²) in [6.45, 7) is 8.40. The van der Waals surface area contributed by atoms with Crippen LogP contribution in [0.4, 0.5) is 5.82 Å². The van der Waals surface area contributed by atoms with Crippen LogP contribution in [0.1, 0.15) is 47.8 Å². The molecule has 136 valence electrons. The quantitative estimate of drug-likeness (QED) is 0.868. The summed E-state index contributed by atoms with van der Waals surface area (Å²) in [5.74, 6) is 1.52. The van der Waals surface area contributed by atoms with Crippen LogP contribution < -0.4 is 10.6 Å². The van der Waals surface area contributed by atoms with E-state index < -0.39 is 5.91 Å². The molecule has 0 bridgehead atoms. The van der Waals surface area contributed by atoms with Gasteiger partial charge in [-0.05, 0) is 44.1 Å². The second-order valence-electron chi connectivity index (χ2n) is 7.36. The van der Waals surface area contributed by atoms with Crippen LogP contribution in [0.2, 0.25) is 0 Å². The smallest absolute Gasteiger partial charge is 0.252 e. The van der Waals surface area contributed by atoms with Gasteiger partial charge >= 0.3 is 0 Å². The van der Waals surface area contributed by atoms with Gasteiger partial charge < -0.3 is 15.5 Å². The highest BCUT2D eigenvalue weighted by molar-refractivity contribution is 5.99. The van der Waals surface area contributed by atoms with Gasteiger partial charge in [-0.25, -0.2) is 0 Å². The zero-order chi connectivity index (χ0) is 18.1. The van der Waals surface area contributed by atoms with Gasteiger partial charge in [-0.15, -0.1) is 5.10 Å². The minimum Gasteiger partial charge on any atom is -0.365 e. The van der Waals surface area contributed by atoms with Gasteiger partial charge in [0, 0.05) is 32.6 Å². The first kappa shape index (κ1) is 17.6. The number of aromatic nitrogens is 2. The number of anilines is 1. The van der Waals surface area contributed by atoms with Crippen molar-refractivity contribution in [3.63, 3.8) is 0 Å². The molecular formula is C18H27N5O2. The summed E-state index contributed by atoms with van der Waals surface area (Å²) in [7, 11) is 0. The molecule has 0 radical (unpaired) electrons. The Balaban J connectivity index is 1.65. The third kappa shape index (κ3) is 3.75. The first-order valence-corrected chi connectivity index (χ1v) is 9.05. The van der Waals surface area contributed by atoms with Crippen molar-refractivity contribution < 1.29 is 9.59 Å². The van der Waals surface area contributed by atoms with Crippen molar-refractivity contribution in [3.8, 4) is 0 Å². The highest BCUT2D eigenvalue weighted by Crippen LogP contribution is 2.38. The van der Waals surface area contributed by atoms with E-state index in [-0.39, 0.29) is 5.91 Å². The van der Waals surface area contributed by atoms with Gasteiger partial charge in [-0.3, -0.25) is 9.59 Å². The van der Waals surface area contributed by atoms with Crippen molar-refractivity contribution in [1.82, 2.24) is 15.1 Å². The van der Waals surface area contributed by atoms with Gasteiger partial charge in [-0.2, -0.15) is 5.10 Å². The van der Waals surface area contributed by atoms with Crippen molar-refractivity contribution in [1.29, 1.82) is 0 Å². The lowest BCUT2D eigenvalue weighted by Crippen LogP contribution is -2.50. The van der Waals surface area contributed by atoms with Gasteiger partial charge in [0.15, 0.2) is 5.82 Å². The van der Waals surface area contributed by atoms with Gasteiger partial charge in [-0.1, -0.05) is 6.92 Å². The summed E-state index contributed by atoms with van der Waals surface area (Å²) in [6.07, 6.45) is 3.17. The minimum absolute atomic E-state index is 0.236. The molecule has 2 N–H and O–H groups in total. The van der Waals surface area contributed by atoms with Crippen LogP contribution in [0, 0.1) is 25.7 Å². The van der Waals surface area contributed by atoms with Crippen LogP contribution >= 0.6 is 0 Å². The molecule has 2 aliphatic rings. The third-order valence-corrected chi connectivity index (χ3v) is 5.54. The predicted molar refractivity (Wildman–Crippen MR) is 95.3 cm³/mol. The van der Waals surface area contributed by atoms with Gasteiger partial charge in [0.2, 0.25) is 5.91 Å². The van der Waals surface area contributed by atoms with E-state index in [1.54, 1.807) is 0 Å². The van der Waals surface area contributed by atoms with Crippen LogP contribution in [0.3, 0.4) is 0 Å². The molecule has 25 heavy (non-hydrogen) atoms. The van der Waals surface area contributed by atoms with Crippen LogP contribution in [-0.2, 0) is 4.79 Å². The van der Waals surface area contributed by atoms with E-state index in [2.05, 4.69) is 17.1 Å². The monoisotopic (exact) mass is 345 g/mol. The summed E-state index contributed by atoms with van der Waals surface area (Å²) in [6, 6.07) is 0. The number of amides is 2. The number of nitrogens with zero attached hydrogens (tertiary/aromatic N) is 4. The summed E-state index contributed by atoms with van der Waals surface area (Å²) in [5.41, 5.74) is 7.48. The topological polar surface area (TPSA) is 92.4 Å². The lowest BCUT2D eigenvalue weighted by Gasteiger charge is -2.36. The maximum atomic E-state index is 12.5. The molecular weight excluding hydrogens is 318 g/mol. The first-order valence-electron chi connectivity index (χ1n) is 9.05. The van der Waals surface area contributed by atoms with Crippen LogP contribution in [0.25, 0.3) is 0 Å². The molecule has 0 aromatic carbocycles. The number of carbonyl (C=O) groups excluding carboxylic acids is 2. The van der Waals surface area contributed by atoms with E-state index in [0.29, 0.717) is 55.6 Å². The molecule has 1 saturated carbocycles. The van der Waals surface area contributed by atoms with Crippen LogP contribution in [0.5, 0.6) is 0 Å². The molecule has 1 aromatic rings. The van der Waals surface area contributed by atoms with E-state index in [9.17, 15) is 9.59 Å². The summed E-state index contributed by atoms with van der Waals surface area (Å²) >= 11 is 0. The maximum Gasteiger partial charge on any atom is 0.252 e. The fourth-order valence-electron chi connectivity index (χ4n) is 3.52. The number of hydrogen-bond donors (Lipinski definition) is 1. The number of aryl methyl sites for hydroxylation is 1. The average Bonchev–Trinajstić information content (AvgIpc) is 3.42. The Bertz CT molecular complexity index is 678. The van der Waals surface area contributed by atoms with Crippen molar-refractivity contribution in [2.45, 2.75) is 40.0 Å². The number of primary amides is 1. The lowest BCUT2D eigenvalue weighted by atomic mass is 10.0. The van der Waals surface area contributed by atoms with E-state index in [4.69, 9.17) is 5.73 Å². The largest absolute Gasteiger partial charge is 0.365 e. The SMILES string of the molecule is Cc1nnc(N2CCN(C(=O)CC(C)C3CC3)CC2)c(C(N)=O)c1C. The van der Waals surface area contributed by atoms with E-state index in [1.807, 2.05) is 23.6 Å². The van der Waals surface area contributed by atoms with E-state index in [0.717, 1.165) is 11.5 Å². The number of nitrogens with two attached hydrogens (primary N) is 1. The Morgan fingerprint density at radius 1 is 1.16 bits per heavy atom. The lowest BCUT2D eigenvalue weighted by molar-refractivity contribution is -0.132. The third-order valence-electron chi connectivity index (χ3n) is 5.54. The van der Waals surface area contributed by atoms with Gasteiger partial charge in [0.1, 0.15) is 0 Å². The summed E-state index contributed by atoms with van der Waals surface area (Å²) in [4.78, 5) is 28.3. The molecule has 2 fully saturated rings. The fraction of sp³-hybridized carbons (Fsp3) is 0.667. The normalized spacial score (nSPS) is 19.0. The minimum atomic E-state index is -0.484. The Morgan fingerprint density at radius 2 is 1.80 bits per heavy atom. The highest BCUT2D eigenvalue weighted by Gasteiger charge is 2.32. The van der Waals surface area contributed by atoms with Crippen LogP contribution in [0.15, 0.2) is 0 Å². The second kappa shape index (κ2) is 6.98. The van der Waals surface area contributed by atoms with Crippen molar-refractivity contribution in [3.05, 3.63) is 16.8 Å². The zero-order valence-corrected chi connectivity index (χ0v) is 15.3. The van der Waals surface area contributed by atoms with Crippen molar-refractivity contribution >= 4 is 17.6 Å². The Hall–Kier alpha value is -2.18. The Labute approximate surface area is 148 Å². The zero-order valence-electron chi connectivity index (χ0n) is 15.3. The first-order chi connectivity index (χ1) is 11.9. The molecule has 1 aliphatic carbocycles. The summed E-state index contributed by atoms with van der Waals surface area (Å²) in [5, 5.41) is 8.34. The molecule has 7 heteroatoms. The van der Waals surface area contributed by atoms with Crippen molar-refractivity contribution in [2.24, 2.45) is 17.6 Å². The standard InChI is InChI=1S/C18H27N5O2/c1-11(14-4-5-14)10-15(24)22-6-8-23(9-7-22)18-16(17(19)25)12(2)13(3)20-21-18/h11,14H,4-10H2,1-3H3,(H2,19,25). The maximum absolute atomic E-state index is 12.5. The molecule has 1 aromatic heterocycles. The number of rotatable bonds is 5. The molecule has 1 unspecified atom stereocenters. The molecule has 1 aliphatic heterocycles. The Kier molecular flexibility index (Phi) is 4.92. The number of hydrogen-bond acceptors (Lipinski definition) is 5. The summed E-state index contributed by atoms with van der Waals surface area (Å²) < 4.78 is 0. The molecule has 3 rings (SSSR count). The predicted octanol–water partition coefficient (Wildman–Crippen LogP) is 1.28. The van der Waals surface area contributed by atoms with Crippen LogP contribution in [-0.4, -0.2) is 53.1 Å².